The maximum atomic E-state index is 12.8. The first kappa shape index (κ1) is 19.4. The second-order valence-corrected chi connectivity index (χ2v) is 7.04. The summed E-state index contributed by atoms with van der Waals surface area (Å²) < 4.78 is 12.8. The molecule has 0 heterocycles. The van der Waals surface area contributed by atoms with E-state index in [9.17, 15) is 14.0 Å². The van der Waals surface area contributed by atoms with Gasteiger partial charge in [-0.3, -0.25) is 4.79 Å². The SMILES string of the molecule is CC(C)(C)NC(=O)c1ccc(NC(=O)NCCc2ccc(F)cc2)cc1. The summed E-state index contributed by atoms with van der Waals surface area (Å²) in [6.07, 6.45) is 0.611. The van der Waals surface area contributed by atoms with Crippen molar-refractivity contribution in [1.82, 2.24) is 10.6 Å². The highest BCUT2D eigenvalue weighted by Crippen LogP contribution is 2.11. The van der Waals surface area contributed by atoms with Gasteiger partial charge in [-0.1, -0.05) is 12.1 Å². The average Bonchev–Trinajstić information content (AvgIpc) is 2.56. The van der Waals surface area contributed by atoms with Gasteiger partial charge in [0.1, 0.15) is 5.82 Å². The summed E-state index contributed by atoms with van der Waals surface area (Å²) in [5.74, 6) is -0.438. The number of carbonyl (C=O) groups is 2. The van der Waals surface area contributed by atoms with Crippen LogP contribution in [0.25, 0.3) is 0 Å². The predicted octanol–water partition coefficient (Wildman–Crippen LogP) is 3.72. The Morgan fingerprint density at radius 1 is 0.962 bits per heavy atom. The summed E-state index contributed by atoms with van der Waals surface area (Å²) in [4.78, 5) is 24.0. The molecule has 3 amide bonds. The lowest BCUT2D eigenvalue weighted by Gasteiger charge is -2.20. The fourth-order valence-corrected chi connectivity index (χ4v) is 2.26. The molecule has 0 aliphatic carbocycles. The molecule has 0 radical (unpaired) electrons. The third-order valence-electron chi connectivity index (χ3n) is 3.51. The number of rotatable bonds is 5. The van der Waals surface area contributed by atoms with Crippen LogP contribution in [0, 0.1) is 5.82 Å². The zero-order valence-electron chi connectivity index (χ0n) is 15.2. The predicted molar refractivity (Wildman–Crippen MR) is 101 cm³/mol. The first-order valence-corrected chi connectivity index (χ1v) is 8.45. The molecule has 0 spiro atoms. The van der Waals surface area contributed by atoms with E-state index in [2.05, 4.69) is 16.0 Å². The van der Waals surface area contributed by atoms with Crippen LogP contribution in [-0.4, -0.2) is 24.0 Å². The number of amides is 3. The highest BCUT2D eigenvalue weighted by molar-refractivity contribution is 5.95. The van der Waals surface area contributed by atoms with Crippen molar-refractivity contribution in [2.24, 2.45) is 0 Å². The molecule has 0 atom stereocenters. The number of anilines is 1. The van der Waals surface area contributed by atoms with Crippen LogP contribution in [0.4, 0.5) is 14.9 Å². The van der Waals surface area contributed by atoms with Gasteiger partial charge in [-0.25, -0.2) is 9.18 Å². The molecule has 0 aliphatic heterocycles. The van der Waals surface area contributed by atoms with E-state index < -0.39 is 0 Å². The summed E-state index contributed by atoms with van der Waals surface area (Å²) in [6.45, 7) is 6.18. The molecular weight excluding hydrogens is 333 g/mol. The normalized spacial score (nSPS) is 10.9. The van der Waals surface area contributed by atoms with E-state index in [4.69, 9.17) is 0 Å². The van der Waals surface area contributed by atoms with Crippen molar-refractivity contribution >= 4 is 17.6 Å². The van der Waals surface area contributed by atoms with Gasteiger partial charge >= 0.3 is 6.03 Å². The minimum Gasteiger partial charge on any atom is -0.347 e. The Hall–Kier alpha value is -2.89. The molecule has 26 heavy (non-hydrogen) atoms. The molecule has 0 aromatic heterocycles. The van der Waals surface area contributed by atoms with Crippen LogP contribution in [-0.2, 0) is 6.42 Å². The molecule has 6 heteroatoms. The second-order valence-electron chi connectivity index (χ2n) is 7.04. The van der Waals surface area contributed by atoms with Crippen LogP contribution < -0.4 is 16.0 Å². The van der Waals surface area contributed by atoms with E-state index in [0.717, 1.165) is 5.56 Å². The molecule has 0 aliphatic rings. The Labute approximate surface area is 153 Å². The molecule has 0 unspecified atom stereocenters. The van der Waals surface area contributed by atoms with Gasteiger partial charge in [0, 0.05) is 23.3 Å². The second kappa shape index (κ2) is 8.47. The number of hydrogen-bond donors (Lipinski definition) is 3. The van der Waals surface area contributed by atoms with Crippen molar-refractivity contribution in [3.8, 4) is 0 Å². The van der Waals surface area contributed by atoms with Gasteiger partial charge in [-0.05, 0) is 69.2 Å². The van der Waals surface area contributed by atoms with E-state index in [1.807, 2.05) is 20.8 Å². The summed E-state index contributed by atoms with van der Waals surface area (Å²) in [6, 6.07) is 12.5. The van der Waals surface area contributed by atoms with Crippen molar-refractivity contribution in [2.75, 3.05) is 11.9 Å². The minimum atomic E-state index is -0.334. The Balaban J connectivity index is 1.79. The van der Waals surface area contributed by atoms with Gasteiger partial charge in [0.2, 0.25) is 0 Å². The molecule has 2 aromatic carbocycles. The minimum absolute atomic E-state index is 0.159. The molecule has 2 aromatic rings. The quantitative estimate of drug-likeness (QED) is 0.763. The number of halogens is 1. The zero-order chi connectivity index (χ0) is 19.2. The molecule has 3 N–H and O–H groups in total. The van der Waals surface area contributed by atoms with Crippen molar-refractivity contribution in [1.29, 1.82) is 0 Å². The maximum Gasteiger partial charge on any atom is 0.319 e. The van der Waals surface area contributed by atoms with Crippen LogP contribution in [0.2, 0.25) is 0 Å². The third kappa shape index (κ3) is 6.55. The monoisotopic (exact) mass is 357 g/mol. The Kier molecular flexibility index (Phi) is 6.33. The summed E-state index contributed by atoms with van der Waals surface area (Å²) in [5.41, 5.74) is 1.76. The lowest BCUT2D eigenvalue weighted by atomic mass is 10.1. The zero-order valence-corrected chi connectivity index (χ0v) is 15.2. The lowest BCUT2D eigenvalue weighted by molar-refractivity contribution is 0.0919. The number of benzene rings is 2. The molecule has 0 fully saturated rings. The van der Waals surface area contributed by atoms with E-state index in [-0.39, 0.29) is 23.3 Å². The van der Waals surface area contributed by atoms with Crippen LogP contribution >= 0.6 is 0 Å². The van der Waals surface area contributed by atoms with Crippen molar-refractivity contribution < 1.29 is 14.0 Å². The number of nitrogens with one attached hydrogen (secondary N) is 3. The fourth-order valence-electron chi connectivity index (χ4n) is 2.26. The largest absolute Gasteiger partial charge is 0.347 e. The number of carbonyl (C=O) groups excluding carboxylic acids is 2. The summed E-state index contributed by atoms with van der Waals surface area (Å²) >= 11 is 0. The van der Waals surface area contributed by atoms with Gasteiger partial charge in [-0.15, -0.1) is 0 Å². The molecule has 5 nitrogen and oxygen atoms in total. The van der Waals surface area contributed by atoms with Gasteiger partial charge in [-0.2, -0.15) is 0 Å². The number of urea groups is 1. The topological polar surface area (TPSA) is 70.2 Å². The Morgan fingerprint density at radius 3 is 2.15 bits per heavy atom. The molecule has 0 saturated carbocycles. The van der Waals surface area contributed by atoms with Gasteiger partial charge in [0.25, 0.3) is 5.91 Å². The highest BCUT2D eigenvalue weighted by Gasteiger charge is 2.15. The third-order valence-corrected chi connectivity index (χ3v) is 3.51. The standard InChI is InChI=1S/C20H24FN3O2/c1-20(2,3)24-18(25)15-6-10-17(11-7-15)23-19(26)22-13-12-14-4-8-16(21)9-5-14/h4-11H,12-13H2,1-3H3,(H,24,25)(H2,22,23,26). The smallest absolute Gasteiger partial charge is 0.319 e. The van der Waals surface area contributed by atoms with Gasteiger partial charge in [0.05, 0.1) is 0 Å². The summed E-state index contributed by atoms with van der Waals surface area (Å²) in [7, 11) is 0. The van der Waals surface area contributed by atoms with E-state index in [0.29, 0.717) is 24.2 Å². The molecule has 0 saturated heterocycles. The Bertz CT molecular complexity index is 750. The first-order chi connectivity index (χ1) is 12.2. The van der Waals surface area contributed by atoms with E-state index in [1.54, 1.807) is 36.4 Å². The van der Waals surface area contributed by atoms with Gasteiger partial charge in [0.15, 0.2) is 0 Å². The average molecular weight is 357 g/mol. The molecular formula is C20H24FN3O2. The van der Waals surface area contributed by atoms with Crippen molar-refractivity contribution in [3.63, 3.8) is 0 Å². The lowest BCUT2D eigenvalue weighted by Crippen LogP contribution is -2.40. The Morgan fingerprint density at radius 2 is 1.58 bits per heavy atom. The fraction of sp³-hybridized carbons (Fsp3) is 0.300. The molecule has 0 bridgehead atoms. The van der Waals surface area contributed by atoms with E-state index in [1.165, 1.54) is 12.1 Å². The van der Waals surface area contributed by atoms with Crippen molar-refractivity contribution in [3.05, 3.63) is 65.5 Å². The first-order valence-electron chi connectivity index (χ1n) is 8.45. The molecule has 2 rings (SSSR count). The maximum absolute atomic E-state index is 12.8. The van der Waals surface area contributed by atoms with Crippen LogP contribution in [0.5, 0.6) is 0 Å². The number of hydrogen-bond acceptors (Lipinski definition) is 2. The van der Waals surface area contributed by atoms with Gasteiger partial charge < -0.3 is 16.0 Å². The van der Waals surface area contributed by atoms with Crippen LogP contribution in [0.3, 0.4) is 0 Å². The van der Waals surface area contributed by atoms with Crippen LogP contribution in [0.1, 0.15) is 36.7 Å². The van der Waals surface area contributed by atoms with E-state index >= 15 is 0 Å². The highest BCUT2D eigenvalue weighted by atomic mass is 19.1. The molecule has 138 valence electrons. The van der Waals surface area contributed by atoms with Crippen LogP contribution in [0.15, 0.2) is 48.5 Å². The van der Waals surface area contributed by atoms with Crippen molar-refractivity contribution in [2.45, 2.75) is 32.7 Å². The summed E-state index contributed by atoms with van der Waals surface area (Å²) in [5, 5.41) is 8.33.